The van der Waals surface area contributed by atoms with Gasteiger partial charge in [0.25, 0.3) is 0 Å². The van der Waals surface area contributed by atoms with Crippen molar-refractivity contribution in [2.24, 2.45) is 10.7 Å². The Morgan fingerprint density at radius 3 is 2.67 bits per heavy atom. The number of nitrogens with zero attached hydrogens (tertiary/aromatic N) is 2. The third-order valence-corrected chi connectivity index (χ3v) is 2.50. The van der Waals surface area contributed by atoms with E-state index in [-0.39, 0.29) is 0 Å². The van der Waals surface area contributed by atoms with Gasteiger partial charge in [-0.15, -0.1) is 0 Å². The van der Waals surface area contributed by atoms with Crippen LogP contribution in [0.5, 0.6) is 0 Å². The predicted octanol–water partition coefficient (Wildman–Crippen LogP) is 2.22. The molecule has 0 amide bonds. The van der Waals surface area contributed by atoms with E-state index in [1.807, 2.05) is 44.2 Å². The quantitative estimate of drug-likeness (QED) is 0.641. The second-order valence-electron chi connectivity index (χ2n) is 3.94. The minimum Gasteiger partial charge on any atom is -0.444 e. The monoisotopic (exact) mass is 244 g/mol. The molecule has 1 aromatic heterocycles. The van der Waals surface area contributed by atoms with E-state index >= 15 is 0 Å². The van der Waals surface area contributed by atoms with Gasteiger partial charge in [-0.2, -0.15) is 0 Å². The van der Waals surface area contributed by atoms with Crippen LogP contribution in [0.4, 0.5) is 5.69 Å². The Hall–Kier alpha value is -2.30. The van der Waals surface area contributed by atoms with Gasteiger partial charge in [0.2, 0.25) is 5.89 Å². The molecular weight excluding hydrogens is 228 g/mol. The fourth-order valence-electron chi connectivity index (χ4n) is 1.47. The van der Waals surface area contributed by atoms with Crippen LogP contribution in [0.1, 0.15) is 17.3 Å². The molecule has 3 N–H and O–H groups in total. The van der Waals surface area contributed by atoms with Crippen LogP contribution in [0, 0.1) is 13.8 Å². The van der Waals surface area contributed by atoms with Crippen LogP contribution in [0.3, 0.4) is 0 Å². The largest absolute Gasteiger partial charge is 0.444 e. The van der Waals surface area contributed by atoms with Crippen molar-refractivity contribution in [2.45, 2.75) is 20.4 Å². The summed E-state index contributed by atoms with van der Waals surface area (Å²) in [5, 5.41) is 2.99. The van der Waals surface area contributed by atoms with Crippen LogP contribution < -0.4 is 11.1 Å². The molecule has 0 saturated heterocycles. The van der Waals surface area contributed by atoms with Gasteiger partial charge in [0, 0.05) is 5.69 Å². The lowest BCUT2D eigenvalue weighted by atomic mass is 10.3. The van der Waals surface area contributed by atoms with E-state index in [1.165, 1.54) is 0 Å². The minimum absolute atomic E-state index is 0.334. The Labute approximate surface area is 106 Å². The topological polar surface area (TPSA) is 76.4 Å². The summed E-state index contributed by atoms with van der Waals surface area (Å²) in [5.74, 6) is 1.73. The zero-order valence-electron chi connectivity index (χ0n) is 10.5. The van der Waals surface area contributed by atoms with E-state index in [9.17, 15) is 0 Å². The summed E-state index contributed by atoms with van der Waals surface area (Å²) in [6.07, 6.45) is 0. The fourth-order valence-corrected chi connectivity index (χ4v) is 1.47. The summed E-state index contributed by atoms with van der Waals surface area (Å²) >= 11 is 0. The van der Waals surface area contributed by atoms with Gasteiger partial charge >= 0.3 is 0 Å². The van der Waals surface area contributed by atoms with Gasteiger partial charge in [0.05, 0.1) is 5.69 Å². The van der Waals surface area contributed by atoms with E-state index in [0.717, 1.165) is 17.1 Å². The van der Waals surface area contributed by atoms with Crippen LogP contribution in [-0.2, 0) is 6.54 Å². The van der Waals surface area contributed by atoms with Crippen molar-refractivity contribution in [3.8, 4) is 0 Å². The normalized spacial score (nSPS) is 11.6. The highest BCUT2D eigenvalue weighted by molar-refractivity contribution is 5.92. The number of nitrogens with two attached hydrogens (primary N) is 1. The second kappa shape index (κ2) is 5.35. The van der Waals surface area contributed by atoms with Crippen LogP contribution in [0.15, 0.2) is 39.7 Å². The summed E-state index contributed by atoms with van der Waals surface area (Å²) in [5.41, 5.74) is 7.55. The first-order valence-electron chi connectivity index (χ1n) is 5.70. The van der Waals surface area contributed by atoms with E-state index in [0.29, 0.717) is 18.4 Å². The van der Waals surface area contributed by atoms with Crippen molar-refractivity contribution < 1.29 is 4.42 Å². The molecule has 0 saturated carbocycles. The molecule has 2 rings (SSSR count). The van der Waals surface area contributed by atoms with Crippen molar-refractivity contribution in [1.82, 2.24) is 4.98 Å². The number of rotatable bonds is 3. The molecular formula is C13H16N4O. The van der Waals surface area contributed by atoms with Gasteiger partial charge in [-0.3, -0.25) is 0 Å². The average molecular weight is 244 g/mol. The number of guanidine groups is 1. The number of nitrogens with one attached hydrogen (secondary N) is 1. The molecule has 2 aromatic rings. The maximum absolute atomic E-state index is 5.77. The molecule has 5 nitrogen and oxygen atoms in total. The van der Waals surface area contributed by atoms with Crippen molar-refractivity contribution in [3.05, 3.63) is 47.7 Å². The molecule has 0 fully saturated rings. The Balaban J connectivity index is 1.97. The molecule has 0 atom stereocenters. The first kappa shape index (κ1) is 12.2. The lowest BCUT2D eigenvalue weighted by Gasteiger charge is -2.03. The molecule has 0 unspecified atom stereocenters. The summed E-state index contributed by atoms with van der Waals surface area (Å²) < 4.78 is 5.41. The molecule has 0 aliphatic rings. The van der Waals surface area contributed by atoms with E-state index in [4.69, 9.17) is 10.2 Å². The summed E-state index contributed by atoms with van der Waals surface area (Å²) in [7, 11) is 0. The first-order chi connectivity index (χ1) is 8.65. The molecule has 5 heteroatoms. The predicted molar refractivity (Wildman–Crippen MR) is 71.4 cm³/mol. The lowest BCUT2D eigenvalue weighted by Crippen LogP contribution is -2.22. The highest BCUT2D eigenvalue weighted by Crippen LogP contribution is 2.09. The van der Waals surface area contributed by atoms with Crippen molar-refractivity contribution in [2.75, 3.05) is 5.32 Å². The number of anilines is 1. The minimum atomic E-state index is 0.334. The zero-order chi connectivity index (χ0) is 13.0. The summed E-state index contributed by atoms with van der Waals surface area (Å²) in [6, 6.07) is 9.63. The zero-order valence-corrected chi connectivity index (χ0v) is 10.5. The van der Waals surface area contributed by atoms with Gasteiger partial charge < -0.3 is 15.5 Å². The van der Waals surface area contributed by atoms with Crippen LogP contribution in [0.25, 0.3) is 0 Å². The Kier molecular flexibility index (Phi) is 3.62. The highest BCUT2D eigenvalue weighted by Gasteiger charge is 2.04. The van der Waals surface area contributed by atoms with Crippen molar-refractivity contribution >= 4 is 11.6 Å². The number of aliphatic imine (C=N–C) groups is 1. The number of oxazole rings is 1. The second-order valence-corrected chi connectivity index (χ2v) is 3.94. The number of para-hydroxylation sites is 1. The number of aromatic nitrogens is 1. The Morgan fingerprint density at radius 2 is 2.06 bits per heavy atom. The SMILES string of the molecule is Cc1nc(CN=C(N)Nc2ccccc2)oc1C. The van der Waals surface area contributed by atoms with Gasteiger partial charge in [0.15, 0.2) is 5.96 Å². The number of benzene rings is 1. The van der Waals surface area contributed by atoms with Gasteiger partial charge in [-0.25, -0.2) is 9.98 Å². The summed E-state index contributed by atoms with van der Waals surface area (Å²) in [6.45, 7) is 4.11. The smallest absolute Gasteiger partial charge is 0.216 e. The maximum Gasteiger partial charge on any atom is 0.216 e. The van der Waals surface area contributed by atoms with Gasteiger partial charge in [-0.1, -0.05) is 18.2 Å². The van der Waals surface area contributed by atoms with Gasteiger partial charge in [-0.05, 0) is 26.0 Å². The standard InChI is InChI=1S/C13H16N4O/c1-9-10(2)18-12(16-9)8-15-13(14)17-11-6-4-3-5-7-11/h3-7H,8H2,1-2H3,(H3,14,15,17). The number of hydrogen-bond donors (Lipinski definition) is 2. The van der Waals surface area contributed by atoms with E-state index in [1.54, 1.807) is 0 Å². The van der Waals surface area contributed by atoms with Crippen LogP contribution >= 0.6 is 0 Å². The molecule has 0 bridgehead atoms. The average Bonchev–Trinajstić information content (AvgIpc) is 2.68. The maximum atomic E-state index is 5.77. The highest BCUT2D eigenvalue weighted by atomic mass is 16.4. The Morgan fingerprint density at radius 1 is 1.33 bits per heavy atom. The summed E-state index contributed by atoms with van der Waals surface area (Å²) in [4.78, 5) is 8.40. The molecule has 1 aromatic carbocycles. The fraction of sp³-hybridized carbons (Fsp3) is 0.231. The molecule has 94 valence electrons. The third kappa shape index (κ3) is 3.10. The van der Waals surface area contributed by atoms with Gasteiger partial charge in [0.1, 0.15) is 12.3 Å². The molecule has 0 spiro atoms. The van der Waals surface area contributed by atoms with E-state index in [2.05, 4.69) is 15.3 Å². The molecule has 0 aliphatic carbocycles. The first-order valence-corrected chi connectivity index (χ1v) is 5.70. The van der Waals surface area contributed by atoms with Crippen LogP contribution in [0.2, 0.25) is 0 Å². The number of hydrogen-bond acceptors (Lipinski definition) is 3. The lowest BCUT2D eigenvalue weighted by molar-refractivity contribution is 0.473. The van der Waals surface area contributed by atoms with Crippen molar-refractivity contribution in [3.63, 3.8) is 0 Å². The van der Waals surface area contributed by atoms with E-state index < -0.39 is 0 Å². The van der Waals surface area contributed by atoms with Crippen molar-refractivity contribution in [1.29, 1.82) is 0 Å². The number of aryl methyl sites for hydroxylation is 2. The third-order valence-electron chi connectivity index (χ3n) is 2.50. The molecule has 0 radical (unpaired) electrons. The van der Waals surface area contributed by atoms with Crippen LogP contribution in [-0.4, -0.2) is 10.9 Å². The molecule has 18 heavy (non-hydrogen) atoms. The molecule has 0 aliphatic heterocycles. The Bertz CT molecular complexity index is 526. The molecule has 1 heterocycles.